The van der Waals surface area contributed by atoms with Crippen molar-refractivity contribution in [1.29, 1.82) is 0 Å². The van der Waals surface area contributed by atoms with Gasteiger partial charge in [0.05, 0.1) is 0 Å². The number of nitrogens with zero attached hydrogens (tertiary/aromatic N) is 1. The van der Waals surface area contributed by atoms with Gasteiger partial charge in [0, 0.05) is 37.2 Å². The predicted molar refractivity (Wildman–Crippen MR) is 91.3 cm³/mol. The van der Waals surface area contributed by atoms with Crippen LogP contribution in [-0.4, -0.2) is 49.4 Å². The van der Waals surface area contributed by atoms with Crippen molar-refractivity contribution in [3.8, 4) is 0 Å². The van der Waals surface area contributed by atoms with Gasteiger partial charge in [-0.3, -0.25) is 9.59 Å². The number of nitrogens with one attached hydrogen (secondary N) is 2. The van der Waals surface area contributed by atoms with Crippen LogP contribution in [0, 0.1) is 12.8 Å². The molecule has 1 aromatic carbocycles. The molecule has 1 aliphatic rings. The van der Waals surface area contributed by atoms with Crippen LogP contribution < -0.4 is 10.6 Å². The lowest BCUT2D eigenvalue weighted by Crippen LogP contribution is -2.48. The van der Waals surface area contributed by atoms with E-state index in [1.54, 1.807) is 0 Å². The maximum absolute atomic E-state index is 12.5. The van der Waals surface area contributed by atoms with Gasteiger partial charge in [0.15, 0.2) is 0 Å². The third-order valence-electron chi connectivity index (χ3n) is 4.38. The van der Waals surface area contributed by atoms with E-state index >= 15 is 0 Å². The highest BCUT2D eigenvalue weighted by atomic mass is 16.2. The van der Waals surface area contributed by atoms with Gasteiger partial charge in [-0.1, -0.05) is 24.6 Å². The Morgan fingerprint density at radius 1 is 1.22 bits per heavy atom. The largest absolute Gasteiger partial charge is 0.353 e. The Kier molecular flexibility index (Phi) is 6.16. The third kappa shape index (κ3) is 4.79. The summed E-state index contributed by atoms with van der Waals surface area (Å²) in [7, 11) is 1.85. The number of hydrogen-bond acceptors (Lipinski definition) is 3. The molecule has 1 atom stereocenters. The molecule has 2 amide bonds. The van der Waals surface area contributed by atoms with Crippen molar-refractivity contribution in [2.45, 2.75) is 32.7 Å². The van der Waals surface area contributed by atoms with E-state index in [9.17, 15) is 9.59 Å². The number of amides is 2. The molecule has 1 unspecified atom stereocenters. The van der Waals surface area contributed by atoms with Gasteiger partial charge in [0.2, 0.25) is 5.91 Å². The molecule has 5 nitrogen and oxygen atoms in total. The van der Waals surface area contributed by atoms with Crippen LogP contribution in [0.5, 0.6) is 0 Å². The van der Waals surface area contributed by atoms with Crippen molar-refractivity contribution in [2.75, 3.05) is 26.7 Å². The van der Waals surface area contributed by atoms with Crippen LogP contribution in [0.4, 0.5) is 0 Å². The first kappa shape index (κ1) is 17.5. The molecule has 23 heavy (non-hydrogen) atoms. The summed E-state index contributed by atoms with van der Waals surface area (Å²) in [5, 5.41) is 6.11. The number of benzene rings is 1. The SMILES string of the molecule is CNCC(C)C(=O)NC1CCN(C(=O)c2ccc(C)cc2)CC1. The standard InChI is InChI=1S/C18H27N3O2/c1-13-4-6-15(7-5-13)18(23)21-10-8-16(9-11-21)20-17(22)14(2)12-19-3/h4-7,14,16,19H,8-12H2,1-3H3,(H,20,22). The van der Waals surface area contributed by atoms with Crippen molar-refractivity contribution >= 4 is 11.8 Å². The molecule has 1 heterocycles. The number of carbonyl (C=O) groups excluding carboxylic acids is 2. The lowest BCUT2D eigenvalue weighted by molar-refractivity contribution is -0.125. The van der Waals surface area contributed by atoms with Crippen molar-refractivity contribution in [3.05, 3.63) is 35.4 Å². The zero-order valence-electron chi connectivity index (χ0n) is 14.3. The summed E-state index contributed by atoms with van der Waals surface area (Å²) in [5.41, 5.74) is 1.89. The van der Waals surface area contributed by atoms with Crippen LogP contribution >= 0.6 is 0 Å². The van der Waals surface area contributed by atoms with Crippen LogP contribution in [-0.2, 0) is 4.79 Å². The zero-order valence-corrected chi connectivity index (χ0v) is 14.3. The highest BCUT2D eigenvalue weighted by molar-refractivity contribution is 5.94. The highest BCUT2D eigenvalue weighted by Crippen LogP contribution is 2.15. The Morgan fingerprint density at radius 3 is 2.39 bits per heavy atom. The number of rotatable bonds is 5. The summed E-state index contributed by atoms with van der Waals surface area (Å²) in [5.74, 6) is 0.133. The summed E-state index contributed by atoms with van der Waals surface area (Å²) in [4.78, 5) is 26.4. The molecule has 0 saturated carbocycles. The Labute approximate surface area is 138 Å². The van der Waals surface area contributed by atoms with Crippen molar-refractivity contribution in [1.82, 2.24) is 15.5 Å². The van der Waals surface area contributed by atoms with Gasteiger partial charge in [-0.15, -0.1) is 0 Å². The summed E-state index contributed by atoms with van der Waals surface area (Å²) in [6.07, 6.45) is 1.63. The maximum Gasteiger partial charge on any atom is 0.253 e. The predicted octanol–water partition coefficient (Wildman–Crippen LogP) is 1.57. The summed E-state index contributed by atoms with van der Waals surface area (Å²) < 4.78 is 0. The number of aryl methyl sites for hydroxylation is 1. The van der Waals surface area contributed by atoms with E-state index in [1.165, 1.54) is 0 Å². The van der Waals surface area contributed by atoms with E-state index in [1.807, 2.05) is 50.1 Å². The normalized spacial score (nSPS) is 16.9. The zero-order chi connectivity index (χ0) is 16.8. The molecule has 0 aliphatic carbocycles. The van der Waals surface area contributed by atoms with Crippen LogP contribution in [0.15, 0.2) is 24.3 Å². The van der Waals surface area contributed by atoms with Gasteiger partial charge in [-0.05, 0) is 38.9 Å². The van der Waals surface area contributed by atoms with Gasteiger partial charge in [-0.25, -0.2) is 0 Å². The molecule has 2 rings (SSSR count). The number of likely N-dealkylation sites (tertiary alicyclic amines) is 1. The van der Waals surface area contributed by atoms with E-state index in [2.05, 4.69) is 10.6 Å². The number of piperidine rings is 1. The Hall–Kier alpha value is -1.88. The molecule has 0 bridgehead atoms. The Balaban J connectivity index is 1.82. The van der Waals surface area contributed by atoms with Crippen LogP contribution in [0.3, 0.4) is 0 Å². The average Bonchev–Trinajstić information content (AvgIpc) is 2.56. The van der Waals surface area contributed by atoms with Gasteiger partial charge >= 0.3 is 0 Å². The first-order valence-electron chi connectivity index (χ1n) is 8.32. The molecule has 1 fully saturated rings. The smallest absolute Gasteiger partial charge is 0.253 e. The third-order valence-corrected chi connectivity index (χ3v) is 4.38. The molecule has 1 saturated heterocycles. The van der Waals surface area contributed by atoms with Crippen molar-refractivity contribution < 1.29 is 9.59 Å². The summed E-state index contributed by atoms with van der Waals surface area (Å²) in [6, 6.07) is 7.85. The van der Waals surface area contributed by atoms with Crippen molar-refractivity contribution in [2.24, 2.45) is 5.92 Å². The van der Waals surface area contributed by atoms with Gasteiger partial charge < -0.3 is 15.5 Å². The lowest BCUT2D eigenvalue weighted by atomic mass is 10.0. The number of hydrogen-bond donors (Lipinski definition) is 2. The molecular formula is C18H27N3O2. The average molecular weight is 317 g/mol. The molecule has 126 valence electrons. The minimum absolute atomic E-state index is 0.0350. The quantitative estimate of drug-likeness (QED) is 0.866. The fourth-order valence-corrected chi connectivity index (χ4v) is 2.85. The molecule has 1 aliphatic heterocycles. The first-order valence-corrected chi connectivity index (χ1v) is 8.32. The second-order valence-corrected chi connectivity index (χ2v) is 6.40. The maximum atomic E-state index is 12.5. The van der Waals surface area contributed by atoms with E-state index in [-0.39, 0.29) is 23.8 Å². The molecule has 0 aromatic heterocycles. The van der Waals surface area contributed by atoms with Gasteiger partial charge in [0.1, 0.15) is 0 Å². The lowest BCUT2D eigenvalue weighted by Gasteiger charge is -2.33. The van der Waals surface area contributed by atoms with Gasteiger partial charge in [-0.2, -0.15) is 0 Å². The van der Waals surface area contributed by atoms with Crippen LogP contribution in [0.1, 0.15) is 35.7 Å². The Bertz CT molecular complexity index is 534. The minimum atomic E-state index is -0.0350. The molecule has 0 spiro atoms. The Morgan fingerprint density at radius 2 is 1.83 bits per heavy atom. The van der Waals surface area contributed by atoms with E-state index in [4.69, 9.17) is 0 Å². The fraction of sp³-hybridized carbons (Fsp3) is 0.556. The monoisotopic (exact) mass is 317 g/mol. The second-order valence-electron chi connectivity index (χ2n) is 6.40. The minimum Gasteiger partial charge on any atom is -0.353 e. The first-order chi connectivity index (χ1) is 11.0. The van der Waals surface area contributed by atoms with Crippen LogP contribution in [0.25, 0.3) is 0 Å². The highest BCUT2D eigenvalue weighted by Gasteiger charge is 2.25. The molecule has 0 radical (unpaired) electrons. The van der Waals surface area contributed by atoms with Crippen LogP contribution in [0.2, 0.25) is 0 Å². The summed E-state index contributed by atoms with van der Waals surface area (Å²) in [6.45, 7) is 5.99. The number of carbonyl (C=O) groups is 2. The van der Waals surface area contributed by atoms with E-state index in [0.29, 0.717) is 19.6 Å². The van der Waals surface area contributed by atoms with Crippen molar-refractivity contribution in [3.63, 3.8) is 0 Å². The second kappa shape index (κ2) is 8.11. The molecular weight excluding hydrogens is 290 g/mol. The molecule has 2 N–H and O–H groups in total. The van der Waals surface area contributed by atoms with E-state index < -0.39 is 0 Å². The summed E-state index contributed by atoms with van der Waals surface area (Å²) >= 11 is 0. The van der Waals surface area contributed by atoms with E-state index in [0.717, 1.165) is 24.0 Å². The molecule has 1 aromatic rings. The molecule has 5 heteroatoms. The van der Waals surface area contributed by atoms with Gasteiger partial charge in [0.25, 0.3) is 5.91 Å². The fourth-order valence-electron chi connectivity index (χ4n) is 2.85. The topological polar surface area (TPSA) is 61.4 Å².